The fraction of sp³-hybridized carbons (Fsp3) is 0.0588. The van der Waals surface area contributed by atoms with E-state index in [1.54, 1.807) is 18.2 Å². The van der Waals surface area contributed by atoms with Crippen LogP contribution in [0.2, 0.25) is 5.02 Å². The number of hydrogen-bond acceptors (Lipinski definition) is 6. The first-order valence-corrected chi connectivity index (χ1v) is 8.65. The topological polar surface area (TPSA) is 73.8 Å². The van der Waals surface area contributed by atoms with Gasteiger partial charge in [-0.1, -0.05) is 35.0 Å². The van der Waals surface area contributed by atoms with Crippen molar-refractivity contribution in [3.63, 3.8) is 0 Å². The normalized spacial score (nSPS) is 10.9. The third-order valence-electron chi connectivity index (χ3n) is 3.48. The molecule has 0 atom stereocenters. The second-order valence-corrected chi connectivity index (χ2v) is 6.60. The molecule has 3 aromatic heterocycles. The Morgan fingerprint density at radius 1 is 1.16 bits per heavy atom. The summed E-state index contributed by atoms with van der Waals surface area (Å²) in [6.07, 6.45) is 0. The van der Waals surface area contributed by atoms with E-state index in [0.29, 0.717) is 22.4 Å². The highest BCUT2D eigenvalue weighted by Crippen LogP contribution is 2.22. The van der Waals surface area contributed by atoms with Gasteiger partial charge >= 0.3 is 0 Å². The van der Waals surface area contributed by atoms with Gasteiger partial charge in [-0.3, -0.25) is 4.79 Å². The van der Waals surface area contributed by atoms with Gasteiger partial charge in [0.25, 0.3) is 5.56 Å². The Bertz CT molecular complexity index is 1070. The van der Waals surface area contributed by atoms with Gasteiger partial charge in [0.2, 0.25) is 11.7 Å². The van der Waals surface area contributed by atoms with Crippen LogP contribution in [0.15, 0.2) is 63.2 Å². The number of aromatic nitrogens is 4. The van der Waals surface area contributed by atoms with Gasteiger partial charge in [0.1, 0.15) is 6.54 Å². The zero-order valence-electron chi connectivity index (χ0n) is 12.8. The second-order valence-electron chi connectivity index (χ2n) is 5.21. The molecule has 1 aromatic carbocycles. The molecule has 124 valence electrons. The molecule has 0 fully saturated rings. The SMILES string of the molecule is O=c1ccc(-c2cccc(Cl)c2)nn1Cc1nc(-c2cccs2)no1. The minimum absolute atomic E-state index is 0.103. The van der Waals surface area contributed by atoms with Crippen LogP contribution >= 0.6 is 22.9 Å². The minimum atomic E-state index is -0.248. The summed E-state index contributed by atoms with van der Waals surface area (Å²) >= 11 is 7.54. The van der Waals surface area contributed by atoms with Gasteiger partial charge in [-0.15, -0.1) is 11.3 Å². The van der Waals surface area contributed by atoms with E-state index in [0.717, 1.165) is 10.4 Å². The molecule has 0 aliphatic carbocycles. The lowest BCUT2D eigenvalue weighted by Gasteiger charge is -2.05. The largest absolute Gasteiger partial charge is 0.337 e. The smallest absolute Gasteiger partial charge is 0.267 e. The molecule has 3 heterocycles. The highest BCUT2D eigenvalue weighted by Gasteiger charge is 2.12. The first kappa shape index (κ1) is 15.7. The van der Waals surface area contributed by atoms with Gasteiger partial charge < -0.3 is 4.52 Å². The monoisotopic (exact) mass is 370 g/mol. The number of hydrogen-bond donors (Lipinski definition) is 0. The predicted molar refractivity (Wildman–Crippen MR) is 95.7 cm³/mol. The zero-order chi connectivity index (χ0) is 17.2. The van der Waals surface area contributed by atoms with Crippen LogP contribution in [0.3, 0.4) is 0 Å². The molecule has 0 saturated carbocycles. The zero-order valence-corrected chi connectivity index (χ0v) is 14.4. The summed E-state index contributed by atoms with van der Waals surface area (Å²) in [7, 11) is 0. The molecular weight excluding hydrogens is 360 g/mol. The van der Waals surface area contributed by atoms with Crippen molar-refractivity contribution in [2.75, 3.05) is 0 Å². The maximum absolute atomic E-state index is 12.1. The van der Waals surface area contributed by atoms with Crippen LogP contribution in [0.25, 0.3) is 22.0 Å². The summed E-state index contributed by atoms with van der Waals surface area (Å²) in [4.78, 5) is 17.3. The van der Waals surface area contributed by atoms with Crippen molar-refractivity contribution >= 4 is 22.9 Å². The van der Waals surface area contributed by atoms with E-state index in [1.165, 1.54) is 22.1 Å². The van der Waals surface area contributed by atoms with Crippen LogP contribution in [-0.2, 0) is 6.54 Å². The lowest BCUT2D eigenvalue weighted by molar-refractivity contribution is 0.363. The standard InChI is InChI=1S/C17H11ClN4O2S/c18-12-4-1-3-11(9-12)13-6-7-16(23)22(20-13)10-15-19-17(21-24-15)14-5-2-8-25-14/h1-9H,10H2. The van der Waals surface area contributed by atoms with Gasteiger partial charge in [-0.05, 0) is 29.6 Å². The van der Waals surface area contributed by atoms with Crippen molar-refractivity contribution in [2.24, 2.45) is 0 Å². The molecule has 0 amide bonds. The van der Waals surface area contributed by atoms with Crippen LogP contribution < -0.4 is 5.56 Å². The van der Waals surface area contributed by atoms with Crippen LogP contribution in [0.1, 0.15) is 5.89 Å². The minimum Gasteiger partial charge on any atom is -0.337 e. The highest BCUT2D eigenvalue weighted by molar-refractivity contribution is 7.13. The van der Waals surface area contributed by atoms with E-state index >= 15 is 0 Å². The third-order valence-corrected chi connectivity index (χ3v) is 4.58. The van der Waals surface area contributed by atoms with Crippen molar-refractivity contribution in [2.45, 2.75) is 6.54 Å². The van der Waals surface area contributed by atoms with Gasteiger partial charge in [0.05, 0.1) is 10.6 Å². The molecule has 0 saturated heterocycles. The molecule has 0 N–H and O–H groups in total. The molecule has 4 rings (SSSR count). The first-order valence-electron chi connectivity index (χ1n) is 7.39. The second kappa shape index (κ2) is 6.62. The summed E-state index contributed by atoms with van der Waals surface area (Å²) in [5.41, 5.74) is 1.22. The first-order chi connectivity index (χ1) is 12.2. The Labute approximate surface area is 151 Å². The molecule has 0 aliphatic rings. The molecule has 0 aliphatic heterocycles. The summed E-state index contributed by atoms with van der Waals surface area (Å²) in [6, 6.07) is 14.2. The average molecular weight is 371 g/mol. The summed E-state index contributed by atoms with van der Waals surface area (Å²) in [5.74, 6) is 0.824. The lowest BCUT2D eigenvalue weighted by Crippen LogP contribution is -2.23. The number of benzene rings is 1. The Balaban J connectivity index is 1.64. The van der Waals surface area contributed by atoms with Crippen LogP contribution in [0.4, 0.5) is 0 Å². The maximum atomic E-state index is 12.1. The quantitative estimate of drug-likeness (QED) is 0.547. The van der Waals surface area contributed by atoms with E-state index in [4.69, 9.17) is 16.1 Å². The molecule has 25 heavy (non-hydrogen) atoms. The van der Waals surface area contributed by atoms with Crippen molar-refractivity contribution in [3.05, 3.63) is 75.2 Å². The van der Waals surface area contributed by atoms with Crippen molar-refractivity contribution < 1.29 is 4.52 Å². The molecule has 4 aromatic rings. The lowest BCUT2D eigenvalue weighted by atomic mass is 10.1. The third kappa shape index (κ3) is 3.38. The number of rotatable bonds is 4. The van der Waals surface area contributed by atoms with E-state index in [9.17, 15) is 4.79 Å². The Morgan fingerprint density at radius 2 is 2.08 bits per heavy atom. The fourth-order valence-corrected chi connectivity index (χ4v) is 3.16. The Kier molecular flexibility index (Phi) is 4.17. The molecule has 0 spiro atoms. The van der Waals surface area contributed by atoms with Crippen molar-refractivity contribution in [1.82, 2.24) is 19.9 Å². The van der Waals surface area contributed by atoms with Gasteiger partial charge in [0, 0.05) is 16.7 Å². The van der Waals surface area contributed by atoms with E-state index in [-0.39, 0.29) is 12.1 Å². The Morgan fingerprint density at radius 3 is 2.88 bits per heavy atom. The summed E-state index contributed by atoms with van der Waals surface area (Å²) in [5, 5.41) is 10.9. The van der Waals surface area contributed by atoms with Crippen LogP contribution in [-0.4, -0.2) is 19.9 Å². The van der Waals surface area contributed by atoms with Gasteiger partial charge in [-0.25, -0.2) is 4.68 Å². The average Bonchev–Trinajstić information content (AvgIpc) is 3.28. The number of halogens is 1. The summed E-state index contributed by atoms with van der Waals surface area (Å²) in [6.45, 7) is 0.103. The molecule has 6 nitrogen and oxygen atoms in total. The fourth-order valence-electron chi connectivity index (χ4n) is 2.32. The van der Waals surface area contributed by atoms with Gasteiger partial charge in [-0.2, -0.15) is 10.1 Å². The molecule has 0 radical (unpaired) electrons. The number of nitrogens with zero attached hydrogens (tertiary/aromatic N) is 4. The summed E-state index contributed by atoms with van der Waals surface area (Å²) < 4.78 is 6.53. The van der Waals surface area contributed by atoms with Crippen LogP contribution in [0.5, 0.6) is 0 Å². The maximum Gasteiger partial charge on any atom is 0.267 e. The predicted octanol–water partition coefficient (Wildman–Crippen LogP) is 3.72. The number of thiophene rings is 1. The van der Waals surface area contributed by atoms with Crippen LogP contribution in [0, 0.1) is 0 Å². The van der Waals surface area contributed by atoms with E-state index < -0.39 is 0 Å². The van der Waals surface area contributed by atoms with E-state index in [2.05, 4.69) is 15.2 Å². The molecule has 8 heteroatoms. The molecule has 0 bridgehead atoms. The Hall–Kier alpha value is -2.77. The van der Waals surface area contributed by atoms with Gasteiger partial charge in [0.15, 0.2) is 0 Å². The van der Waals surface area contributed by atoms with Crippen molar-refractivity contribution in [3.8, 4) is 22.0 Å². The molecular formula is C17H11ClN4O2S. The van der Waals surface area contributed by atoms with E-state index in [1.807, 2.05) is 29.6 Å². The van der Waals surface area contributed by atoms with Crippen molar-refractivity contribution in [1.29, 1.82) is 0 Å². The molecule has 0 unspecified atom stereocenters. The highest BCUT2D eigenvalue weighted by atomic mass is 35.5.